The van der Waals surface area contributed by atoms with E-state index in [9.17, 15) is 10.0 Å². The minimum absolute atomic E-state index is 0.409. The molecule has 0 radical (unpaired) electrons. The Morgan fingerprint density at radius 3 is 2.38 bits per heavy atom. The molecule has 0 aliphatic rings. The number of ether oxygens (including phenoxy) is 1. The fourth-order valence-corrected chi connectivity index (χ4v) is 2.54. The largest absolute Gasteiger partial charge is 0.489 e. The van der Waals surface area contributed by atoms with Crippen LogP contribution in [-0.4, -0.2) is 9.94 Å². The summed E-state index contributed by atoms with van der Waals surface area (Å²) in [5.74, 6) is 0.785. The summed E-state index contributed by atoms with van der Waals surface area (Å²) in [6.07, 6.45) is 0.479. The van der Waals surface area contributed by atoms with Gasteiger partial charge < -0.3 is 9.94 Å². The van der Waals surface area contributed by atoms with Gasteiger partial charge in [-0.3, -0.25) is 4.79 Å². The number of benzene rings is 2. The molecule has 3 aromatic rings. The molecule has 3 rings (SSSR count). The summed E-state index contributed by atoms with van der Waals surface area (Å²) >= 11 is 0. The van der Waals surface area contributed by atoms with Crippen LogP contribution in [0.5, 0.6) is 5.75 Å². The van der Waals surface area contributed by atoms with Crippen LogP contribution >= 0.6 is 0 Å². The molecule has 0 unspecified atom stereocenters. The van der Waals surface area contributed by atoms with Crippen molar-refractivity contribution in [1.82, 2.24) is 4.73 Å². The fourth-order valence-electron chi connectivity index (χ4n) is 2.54. The number of pyridine rings is 1. The van der Waals surface area contributed by atoms with E-state index < -0.39 is 5.56 Å². The number of aryl methyl sites for hydroxylation is 1. The van der Waals surface area contributed by atoms with Gasteiger partial charge in [0.25, 0.3) is 5.56 Å². The summed E-state index contributed by atoms with van der Waals surface area (Å²) in [4.78, 5) is 11.6. The van der Waals surface area contributed by atoms with Crippen LogP contribution in [0.2, 0.25) is 0 Å². The lowest BCUT2D eigenvalue weighted by Crippen LogP contribution is -2.21. The molecule has 4 heteroatoms. The van der Waals surface area contributed by atoms with Crippen LogP contribution in [0.25, 0.3) is 0 Å². The van der Waals surface area contributed by atoms with Crippen molar-refractivity contribution in [3.05, 3.63) is 99.5 Å². The zero-order valence-corrected chi connectivity index (χ0v) is 13.5. The number of hydrogen-bond donors (Lipinski definition) is 1. The van der Waals surface area contributed by atoms with Crippen LogP contribution in [-0.2, 0) is 13.0 Å². The van der Waals surface area contributed by atoms with Crippen LogP contribution in [0.4, 0.5) is 0 Å². The molecule has 0 fully saturated rings. The molecule has 122 valence electrons. The highest BCUT2D eigenvalue weighted by Gasteiger charge is 2.06. The van der Waals surface area contributed by atoms with Crippen LogP contribution in [0.15, 0.2) is 71.5 Å². The third kappa shape index (κ3) is 3.84. The number of rotatable bonds is 5. The van der Waals surface area contributed by atoms with Gasteiger partial charge in [0.2, 0.25) is 0 Å². The summed E-state index contributed by atoms with van der Waals surface area (Å²) in [6.45, 7) is 2.36. The van der Waals surface area contributed by atoms with E-state index in [4.69, 9.17) is 4.74 Å². The Balaban J connectivity index is 1.68. The van der Waals surface area contributed by atoms with Gasteiger partial charge in [0.15, 0.2) is 0 Å². The van der Waals surface area contributed by atoms with Crippen molar-refractivity contribution < 1.29 is 9.94 Å². The Morgan fingerprint density at radius 2 is 1.67 bits per heavy atom. The smallest absolute Gasteiger partial charge is 0.283 e. The van der Waals surface area contributed by atoms with E-state index in [0.717, 1.165) is 22.4 Å². The molecule has 0 saturated heterocycles. The molecular formula is C20H19NO3. The first-order valence-corrected chi connectivity index (χ1v) is 7.79. The summed E-state index contributed by atoms with van der Waals surface area (Å²) in [6, 6.07) is 20.9. The highest BCUT2D eigenvalue weighted by molar-refractivity contribution is 5.31. The number of hydrogen-bond acceptors (Lipinski definition) is 3. The number of nitrogens with zero attached hydrogens (tertiary/aromatic N) is 1. The van der Waals surface area contributed by atoms with Crippen molar-refractivity contribution in [1.29, 1.82) is 0 Å². The molecule has 0 amide bonds. The lowest BCUT2D eigenvalue weighted by atomic mass is 10.1. The topological polar surface area (TPSA) is 51.5 Å². The molecule has 4 nitrogen and oxygen atoms in total. The predicted octanol–water partition coefficient (Wildman–Crippen LogP) is 3.56. The molecule has 0 atom stereocenters. The van der Waals surface area contributed by atoms with Gasteiger partial charge >= 0.3 is 0 Å². The molecule has 1 heterocycles. The maximum Gasteiger partial charge on any atom is 0.283 e. The molecule has 0 bridgehead atoms. The molecule has 0 spiro atoms. The molecule has 24 heavy (non-hydrogen) atoms. The third-order valence-electron chi connectivity index (χ3n) is 3.78. The summed E-state index contributed by atoms with van der Waals surface area (Å²) in [7, 11) is 0. The third-order valence-corrected chi connectivity index (χ3v) is 3.78. The summed E-state index contributed by atoms with van der Waals surface area (Å²) in [5, 5.41) is 9.83. The van der Waals surface area contributed by atoms with Gasteiger partial charge in [0.1, 0.15) is 12.4 Å². The first-order chi connectivity index (χ1) is 11.6. The minimum Gasteiger partial charge on any atom is -0.489 e. The lowest BCUT2D eigenvalue weighted by Gasteiger charge is -2.09. The van der Waals surface area contributed by atoms with Gasteiger partial charge in [-0.25, -0.2) is 0 Å². The van der Waals surface area contributed by atoms with Crippen molar-refractivity contribution in [2.75, 3.05) is 0 Å². The van der Waals surface area contributed by atoms with Gasteiger partial charge in [-0.15, -0.1) is 0 Å². The standard InChI is InChI=1S/C20H19NO3/c1-15-11-18(21(23)20(22)12-15)13-16-7-9-19(10-8-16)24-14-17-5-3-2-4-6-17/h2-12,23H,13-14H2,1H3. The Kier molecular flexibility index (Phi) is 4.66. The van der Waals surface area contributed by atoms with E-state index >= 15 is 0 Å². The van der Waals surface area contributed by atoms with Crippen LogP contribution in [0, 0.1) is 6.92 Å². The zero-order chi connectivity index (χ0) is 16.9. The van der Waals surface area contributed by atoms with E-state index in [1.54, 1.807) is 6.07 Å². The predicted molar refractivity (Wildman–Crippen MR) is 92.6 cm³/mol. The molecule has 1 N–H and O–H groups in total. The molecule has 0 aliphatic heterocycles. The summed E-state index contributed by atoms with van der Waals surface area (Å²) < 4.78 is 6.46. The Morgan fingerprint density at radius 1 is 0.958 bits per heavy atom. The highest BCUT2D eigenvalue weighted by Crippen LogP contribution is 2.16. The van der Waals surface area contributed by atoms with E-state index in [-0.39, 0.29) is 0 Å². The van der Waals surface area contributed by atoms with Crippen LogP contribution < -0.4 is 10.3 Å². The Bertz CT molecular complexity index is 868. The Hall–Kier alpha value is -3.01. The summed E-state index contributed by atoms with van der Waals surface area (Å²) in [5.41, 5.74) is 3.11. The average molecular weight is 321 g/mol. The van der Waals surface area contributed by atoms with E-state index in [2.05, 4.69) is 0 Å². The maximum atomic E-state index is 11.6. The average Bonchev–Trinajstić information content (AvgIpc) is 2.59. The van der Waals surface area contributed by atoms with Gasteiger partial charge in [0.05, 0.1) is 5.69 Å². The quantitative estimate of drug-likeness (QED) is 0.731. The second-order valence-electron chi connectivity index (χ2n) is 5.77. The Labute approximate surface area is 140 Å². The zero-order valence-electron chi connectivity index (χ0n) is 13.5. The first kappa shape index (κ1) is 15.9. The first-order valence-electron chi connectivity index (χ1n) is 7.79. The van der Waals surface area contributed by atoms with Crippen LogP contribution in [0.1, 0.15) is 22.4 Å². The van der Waals surface area contributed by atoms with Crippen molar-refractivity contribution in [2.24, 2.45) is 0 Å². The highest BCUT2D eigenvalue weighted by atomic mass is 16.5. The van der Waals surface area contributed by atoms with Gasteiger partial charge in [0, 0.05) is 12.5 Å². The van der Waals surface area contributed by atoms with Crippen molar-refractivity contribution in [3.63, 3.8) is 0 Å². The lowest BCUT2D eigenvalue weighted by molar-refractivity contribution is 0.166. The van der Waals surface area contributed by atoms with Gasteiger partial charge in [-0.2, -0.15) is 4.73 Å². The van der Waals surface area contributed by atoms with Crippen molar-refractivity contribution in [2.45, 2.75) is 20.0 Å². The second-order valence-corrected chi connectivity index (χ2v) is 5.77. The number of aromatic nitrogens is 1. The molecule has 0 aliphatic carbocycles. The van der Waals surface area contributed by atoms with E-state index in [1.165, 1.54) is 6.07 Å². The van der Waals surface area contributed by atoms with E-state index in [0.29, 0.717) is 23.5 Å². The maximum absolute atomic E-state index is 11.6. The normalized spacial score (nSPS) is 10.5. The monoisotopic (exact) mass is 321 g/mol. The fraction of sp³-hybridized carbons (Fsp3) is 0.150. The van der Waals surface area contributed by atoms with E-state index in [1.807, 2.05) is 61.5 Å². The molecule has 2 aromatic carbocycles. The molecular weight excluding hydrogens is 302 g/mol. The van der Waals surface area contributed by atoms with Gasteiger partial charge in [-0.05, 0) is 41.8 Å². The van der Waals surface area contributed by atoms with Crippen LogP contribution in [0.3, 0.4) is 0 Å². The van der Waals surface area contributed by atoms with Crippen molar-refractivity contribution in [3.8, 4) is 5.75 Å². The SMILES string of the molecule is Cc1cc(Cc2ccc(OCc3ccccc3)cc2)n(O)c(=O)c1. The van der Waals surface area contributed by atoms with Crippen molar-refractivity contribution >= 4 is 0 Å². The molecule has 0 saturated carbocycles. The van der Waals surface area contributed by atoms with Gasteiger partial charge in [-0.1, -0.05) is 42.5 Å². The second kappa shape index (κ2) is 7.04. The minimum atomic E-state index is -0.409. The molecule has 1 aromatic heterocycles.